The molecule has 0 spiro atoms. The Bertz CT molecular complexity index is 1250. The van der Waals surface area contributed by atoms with Crippen molar-refractivity contribution in [1.29, 1.82) is 0 Å². The Balaban J connectivity index is 1.34. The molecule has 0 saturated carbocycles. The van der Waals surface area contributed by atoms with Crippen molar-refractivity contribution in [3.63, 3.8) is 0 Å². The standard InChI is InChI=1S/C22H20N6OS/c1-2-16-11-23-12-17(16)9-15(1)18-10-19(21-24-3-4-28(21)13-18)25-20-14-30-22(26-20)27-5-7-29-8-6-27/h1-4,9-11,13-14,25H,5-8,12H2. The third-order valence-electron chi connectivity index (χ3n) is 5.49. The van der Waals surface area contributed by atoms with Gasteiger partial charge in [-0.15, -0.1) is 11.3 Å². The van der Waals surface area contributed by atoms with Gasteiger partial charge in [-0.3, -0.25) is 4.99 Å². The number of rotatable bonds is 4. The summed E-state index contributed by atoms with van der Waals surface area (Å²) >= 11 is 1.65. The molecule has 2 aliphatic rings. The number of imidazole rings is 1. The molecule has 0 radical (unpaired) electrons. The summed E-state index contributed by atoms with van der Waals surface area (Å²) in [6.07, 6.45) is 7.85. The Kier molecular flexibility index (Phi) is 4.24. The number of nitrogens with one attached hydrogen (secondary N) is 1. The molecule has 1 saturated heterocycles. The van der Waals surface area contributed by atoms with Crippen molar-refractivity contribution in [2.45, 2.75) is 6.54 Å². The number of hydrogen-bond acceptors (Lipinski definition) is 7. The second kappa shape index (κ2) is 7.23. The number of morpholine rings is 1. The first-order valence-electron chi connectivity index (χ1n) is 9.98. The fourth-order valence-corrected chi connectivity index (χ4v) is 4.74. The normalized spacial score (nSPS) is 15.7. The summed E-state index contributed by atoms with van der Waals surface area (Å²) in [5, 5.41) is 6.57. The average molecular weight is 417 g/mol. The van der Waals surface area contributed by atoms with E-state index in [0.717, 1.165) is 60.7 Å². The molecule has 30 heavy (non-hydrogen) atoms. The molecule has 3 aromatic heterocycles. The van der Waals surface area contributed by atoms with Gasteiger partial charge in [-0.2, -0.15) is 0 Å². The van der Waals surface area contributed by atoms with Crippen LogP contribution in [0.15, 0.2) is 53.2 Å². The minimum atomic E-state index is 0.755. The Morgan fingerprint density at radius 1 is 1.10 bits per heavy atom. The van der Waals surface area contributed by atoms with Gasteiger partial charge >= 0.3 is 0 Å². The highest BCUT2D eigenvalue weighted by Crippen LogP contribution is 2.32. The van der Waals surface area contributed by atoms with Crippen LogP contribution in [0.3, 0.4) is 0 Å². The predicted octanol–water partition coefficient (Wildman–Crippen LogP) is 3.97. The summed E-state index contributed by atoms with van der Waals surface area (Å²) in [4.78, 5) is 16.0. The topological polar surface area (TPSA) is 67.0 Å². The molecule has 150 valence electrons. The van der Waals surface area contributed by atoms with Gasteiger partial charge in [-0.05, 0) is 28.8 Å². The third-order valence-corrected chi connectivity index (χ3v) is 6.39. The van der Waals surface area contributed by atoms with E-state index in [0.29, 0.717) is 0 Å². The van der Waals surface area contributed by atoms with Crippen LogP contribution in [-0.4, -0.2) is 46.9 Å². The summed E-state index contributed by atoms with van der Waals surface area (Å²) in [6, 6.07) is 8.66. The SMILES string of the molecule is C1=NCc2cc(-c3cc(Nc4csc(N5CCOCC5)n4)c4nccn4c3)ccc21. The fourth-order valence-electron chi connectivity index (χ4n) is 3.93. The third kappa shape index (κ3) is 3.14. The number of benzene rings is 1. The van der Waals surface area contributed by atoms with E-state index in [2.05, 4.69) is 60.4 Å². The number of ether oxygens (including phenoxy) is 1. The number of hydrogen-bond donors (Lipinski definition) is 1. The fraction of sp³-hybridized carbons (Fsp3) is 0.227. The molecular formula is C22H20N6OS. The maximum absolute atomic E-state index is 5.45. The van der Waals surface area contributed by atoms with Gasteiger partial charge in [0.25, 0.3) is 0 Å². The van der Waals surface area contributed by atoms with Crippen LogP contribution in [0.5, 0.6) is 0 Å². The number of aliphatic imine (C=N–C) groups is 1. The highest BCUT2D eigenvalue weighted by Gasteiger charge is 2.16. The lowest BCUT2D eigenvalue weighted by Crippen LogP contribution is -2.36. The minimum absolute atomic E-state index is 0.755. The van der Waals surface area contributed by atoms with Gasteiger partial charge in [-0.25, -0.2) is 9.97 Å². The predicted molar refractivity (Wildman–Crippen MR) is 120 cm³/mol. The summed E-state index contributed by atoms with van der Waals surface area (Å²) in [5.74, 6) is 0.839. The van der Waals surface area contributed by atoms with Crippen LogP contribution in [-0.2, 0) is 11.3 Å². The van der Waals surface area contributed by atoms with Crippen molar-refractivity contribution in [1.82, 2.24) is 14.4 Å². The van der Waals surface area contributed by atoms with Gasteiger partial charge in [0.2, 0.25) is 0 Å². The summed E-state index contributed by atoms with van der Waals surface area (Å²) < 4.78 is 7.50. The molecule has 0 bridgehead atoms. The van der Waals surface area contributed by atoms with Crippen molar-refractivity contribution in [2.24, 2.45) is 4.99 Å². The van der Waals surface area contributed by atoms with Crippen molar-refractivity contribution in [3.05, 3.63) is 59.4 Å². The van der Waals surface area contributed by atoms with Crippen LogP contribution in [0.25, 0.3) is 16.8 Å². The minimum Gasteiger partial charge on any atom is -0.378 e. The van der Waals surface area contributed by atoms with Gasteiger partial charge < -0.3 is 19.4 Å². The number of pyridine rings is 1. The van der Waals surface area contributed by atoms with Crippen molar-refractivity contribution < 1.29 is 4.74 Å². The molecule has 0 aliphatic carbocycles. The monoisotopic (exact) mass is 416 g/mol. The average Bonchev–Trinajstić information content (AvgIpc) is 3.54. The first kappa shape index (κ1) is 17.6. The van der Waals surface area contributed by atoms with Crippen molar-refractivity contribution >= 4 is 39.8 Å². The van der Waals surface area contributed by atoms with Crippen LogP contribution >= 0.6 is 11.3 Å². The van der Waals surface area contributed by atoms with E-state index < -0.39 is 0 Å². The molecule has 1 fully saturated rings. The second-order valence-electron chi connectivity index (χ2n) is 7.42. The number of aromatic nitrogens is 3. The maximum atomic E-state index is 5.45. The molecule has 0 amide bonds. The molecule has 2 aliphatic heterocycles. The zero-order valence-electron chi connectivity index (χ0n) is 16.3. The molecular weight excluding hydrogens is 396 g/mol. The van der Waals surface area contributed by atoms with E-state index in [1.54, 1.807) is 11.3 Å². The molecule has 5 heterocycles. The van der Waals surface area contributed by atoms with E-state index in [9.17, 15) is 0 Å². The van der Waals surface area contributed by atoms with Gasteiger partial charge in [0, 0.05) is 48.8 Å². The molecule has 6 rings (SSSR count). The van der Waals surface area contributed by atoms with Crippen LogP contribution in [0.2, 0.25) is 0 Å². The molecule has 0 atom stereocenters. The highest BCUT2D eigenvalue weighted by atomic mass is 32.1. The zero-order valence-corrected chi connectivity index (χ0v) is 17.1. The summed E-state index contributed by atoms with van der Waals surface area (Å²) in [7, 11) is 0. The van der Waals surface area contributed by atoms with Gasteiger partial charge in [0.15, 0.2) is 10.8 Å². The Morgan fingerprint density at radius 3 is 2.97 bits per heavy atom. The van der Waals surface area contributed by atoms with E-state index in [-0.39, 0.29) is 0 Å². The summed E-state index contributed by atoms with van der Waals surface area (Å²) in [6.45, 7) is 4.03. The van der Waals surface area contributed by atoms with Gasteiger partial charge in [0.05, 0.1) is 25.4 Å². The number of nitrogens with zero attached hydrogens (tertiary/aromatic N) is 5. The molecule has 4 aromatic rings. The lowest BCUT2D eigenvalue weighted by Gasteiger charge is -2.25. The Morgan fingerprint density at radius 2 is 2.03 bits per heavy atom. The van der Waals surface area contributed by atoms with Crippen molar-refractivity contribution in [3.8, 4) is 11.1 Å². The smallest absolute Gasteiger partial charge is 0.187 e. The number of fused-ring (bicyclic) bond motifs is 2. The number of anilines is 3. The lowest BCUT2D eigenvalue weighted by molar-refractivity contribution is 0.122. The van der Waals surface area contributed by atoms with Crippen LogP contribution in [0, 0.1) is 0 Å². The molecule has 7 nitrogen and oxygen atoms in total. The van der Waals surface area contributed by atoms with E-state index in [1.807, 2.05) is 18.6 Å². The van der Waals surface area contributed by atoms with E-state index in [4.69, 9.17) is 9.72 Å². The molecule has 0 unspecified atom stereocenters. The van der Waals surface area contributed by atoms with Crippen LogP contribution in [0.1, 0.15) is 11.1 Å². The first-order valence-corrected chi connectivity index (χ1v) is 10.9. The van der Waals surface area contributed by atoms with Crippen molar-refractivity contribution in [2.75, 3.05) is 36.5 Å². The molecule has 8 heteroatoms. The van der Waals surface area contributed by atoms with Gasteiger partial charge in [-0.1, -0.05) is 12.1 Å². The van der Waals surface area contributed by atoms with E-state index >= 15 is 0 Å². The molecule has 1 aromatic carbocycles. The van der Waals surface area contributed by atoms with Crippen LogP contribution < -0.4 is 10.2 Å². The first-order chi connectivity index (χ1) is 14.8. The maximum Gasteiger partial charge on any atom is 0.187 e. The largest absolute Gasteiger partial charge is 0.378 e. The second-order valence-corrected chi connectivity index (χ2v) is 8.26. The van der Waals surface area contributed by atoms with Gasteiger partial charge in [0.1, 0.15) is 5.82 Å². The summed E-state index contributed by atoms with van der Waals surface area (Å²) in [5.41, 5.74) is 6.59. The molecule has 1 N–H and O–H groups in total. The zero-order chi connectivity index (χ0) is 19.9. The Labute approximate surface area is 177 Å². The highest BCUT2D eigenvalue weighted by molar-refractivity contribution is 7.14. The number of thiazole rings is 1. The Hall–Kier alpha value is -3.23. The van der Waals surface area contributed by atoms with E-state index in [1.165, 1.54) is 16.7 Å². The van der Waals surface area contributed by atoms with Crippen LogP contribution in [0.4, 0.5) is 16.6 Å². The lowest BCUT2D eigenvalue weighted by atomic mass is 10.0. The quantitative estimate of drug-likeness (QED) is 0.545.